The first-order valence-corrected chi connectivity index (χ1v) is 7.14. The van der Waals surface area contributed by atoms with Crippen molar-refractivity contribution in [3.8, 4) is 0 Å². The standard InChI is InChI=1S/C14H25N5/c1-5-15-14-16-9-10(2)13(18-14)17-12-6-7-19(4)11(3)8-12/h9,11-12H,5-8H2,1-4H3,(H2,15,16,17,18). The third-order valence-corrected chi connectivity index (χ3v) is 3.86. The van der Waals surface area contributed by atoms with Crippen molar-refractivity contribution in [1.29, 1.82) is 0 Å². The quantitative estimate of drug-likeness (QED) is 0.871. The summed E-state index contributed by atoms with van der Waals surface area (Å²) >= 11 is 0. The lowest BCUT2D eigenvalue weighted by Crippen LogP contribution is -2.42. The monoisotopic (exact) mass is 263 g/mol. The molecule has 5 heteroatoms. The van der Waals surface area contributed by atoms with Gasteiger partial charge in [0.15, 0.2) is 0 Å². The van der Waals surface area contributed by atoms with Gasteiger partial charge in [-0.2, -0.15) is 4.98 Å². The van der Waals surface area contributed by atoms with Crippen LogP contribution >= 0.6 is 0 Å². The molecule has 0 radical (unpaired) electrons. The van der Waals surface area contributed by atoms with Crippen LogP contribution in [0.2, 0.25) is 0 Å². The SMILES string of the molecule is CCNc1ncc(C)c(NC2CCN(C)C(C)C2)n1. The van der Waals surface area contributed by atoms with Crippen LogP contribution in [0.5, 0.6) is 0 Å². The zero-order chi connectivity index (χ0) is 13.8. The Morgan fingerprint density at radius 1 is 1.47 bits per heavy atom. The third kappa shape index (κ3) is 3.56. The van der Waals surface area contributed by atoms with Gasteiger partial charge in [0.25, 0.3) is 0 Å². The predicted octanol–water partition coefficient (Wildman–Crippen LogP) is 2.11. The van der Waals surface area contributed by atoms with Crippen LogP contribution in [0.3, 0.4) is 0 Å². The molecule has 1 aliphatic rings. The molecule has 1 fully saturated rings. The first-order chi connectivity index (χ1) is 9.10. The molecular weight excluding hydrogens is 238 g/mol. The van der Waals surface area contributed by atoms with E-state index in [-0.39, 0.29) is 0 Å². The molecule has 1 saturated heterocycles. The van der Waals surface area contributed by atoms with Crippen molar-refractivity contribution in [1.82, 2.24) is 14.9 Å². The van der Waals surface area contributed by atoms with E-state index in [9.17, 15) is 0 Å². The van der Waals surface area contributed by atoms with E-state index in [4.69, 9.17) is 0 Å². The lowest BCUT2D eigenvalue weighted by Gasteiger charge is -2.35. The molecule has 19 heavy (non-hydrogen) atoms. The van der Waals surface area contributed by atoms with Crippen LogP contribution in [0.25, 0.3) is 0 Å². The summed E-state index contributed by atoms with van der Waals surface area (Å²) in [5.41, 5.74) is 1.10. The van der Waals surface area contributed by atoms with Crippen LogP contribution in [0.4, 0.5) is 11.8 Å². The summed E-state index contributed by atoms with van der Waals surface area (Å²) in [6.07, 6.45) is 4.21. The number of hydrogen-bond acceptors (Lipinski definition) is 5. The van der Waals surface area contributed by atoms with Crippen LogP contribution in [0, 0.1) is 6.92 Å². The summed E-state index contributed by atoms with van der Waals surface area (Å²) < 4.78 is 0. The molecule has 1 aromatic heterocycles. The van der Waals surface area contributed by atoms with Crippen molar-refractivity contribution < 1.29 is 0 Å². The van der Waals surface area contributed by atoms with Crippen LogP contribution in [0.1, 0.15) is 32.3 Å². The minimum Gasteiger partial charge on any atom is -0.367 e. The second-order valence-electron chi connectivity index (χ2n) is 5.45. The average molecular weight is 263 g/mol. The van der Waals surface area contributed by atoms with Crippen molar-refractivity contribution in [2.45, 2.75) is 45.7 Å². The van der Waals surface area contributed by atoms with E-state index in [2.05, 4.69) is 53.3 Å². The summed E-state index contributed by atoms with van der Waals surface area (Å²) in [6, 6.07) is 1.14. The number of anilines is 2. The molecule has 2 rings (SSSR count). The van der Waals surface area contributed by atoms with Gasteiger partial charge in [-0.3, -0.25) is 0 Å². The molecule has 1 aromatic rings. The average Bonchev–Trinajstić information content (AvgIpc) is 2.38. The Labute approximate surface area is 115 Å². The topological polar surface area (TPSA) is 53.1 Å². The molecule has 2 heterocycles. The number of likely N-dealkylation sites (tertiary alicyclic amines) is 1. The van der Waals surface area contributed by atoms with Crippen LogP contribution in [0.15, 0.2) is 6.20 Å². The highest BCUT2D eigenvalue weighted by Gasteiger charge is 2.23. The Hall–Kier alpha value is -1.36. The van der Waals surface area contributed by atoms with Crippen LogP contribution in [-0.2, 0) is 0 Å². The van der Waals surface area contributed by atoms with Crippen LogP contribution < -0.4 is 10.6 Å². The van der Waals surface area contributed by atoms with Gasteiger partial charge in [0, 0.05) is 36.9 Å². The molecule has 106 valence electrons. The molecule has 1 aliphatic heterocycles. The third-order valence-electron chi connectivity index (χ3n) is 3.86. The van der Waals surface area contributed by atoms with Gasteiger partial charge in [0.05, 0.1) is 0 Å². The molecule has 0 saturated carbocycles. The van der Waals surface area contributed by atoms with E-state index in [0.717, 1.165) is 30.9 Å². The van der Waals surface area contributed by atoms with Gasteiger partial charge in [-0.1, -0.05) is 0 Å². The van der Waals surface area contributed by atoms with Gasteiger partial charge >= 0.3 is 0 Å². The fourth-order valence-electron chi connectivity index (χ4n) is 2.45. The van der Waals surface area contributed by atoms with Gasteiger partial charge in [0.1, 0.15) is 5.82 Å². The number of nitrogens with one attached hydrogen (secondary N) is 2. The summed E-state index contributed by atoms with van der Waals surface area (Å²) in [5.74, 6) is 1.67. The highest BCUT2D eigenvalue weighted by atomic mass is 15.2. The zero-order valence-corrected chi connectivity index (χ0v) is 12.4. The molecule has 0 spiro atoms. The van der Waals surface area contributed by atoms with E-state index in [1.807, 2.05) is 6.20 Å². The van der Waals surface area contributed by atoms with Crippen molar-refractivity contribution in [2.75, 3.05) is 30.8 Å². The maximum atomic E-state index is 4.55. The molecule has 2 atom stereocenters. The van der Waals surface area contributed by atoms with Gasteiger partial charge in [-0.25, -0.2) is 4.98 Å². The minimum atomic E-state index is 0.509. The van der Waals surface area contributed by atoms with Crippen molar-refractivity contribution >= 4 is 11.8 Å². The largest absolute Gasteiger partial charge is 0.367 e. The lowest BCUT2D eigenvalue weighted by atomic mass is 9.99. The molecule has 0 amide bonds. The fraction of sp³-hybridized carbons (Fsp3) is 0.714. The molecule has 5 nitrogen and oxygen atoms in total. The number of hydrogen-bond donors (Lipinski definition) is 2. The summed E-state index contributed by atoms with van der Waals surface area (Å²) in [7, 11) is 2.19. The number of aromatic nitrogens is 2. The number of aryl methyl sites for hydroxylation is 1. The molecule has 0 bridgehead atoms. The Balaban J connectivity index is 2.04. The Kier molecular flexibility index (Phi) is 4.58. The van der Waals surface area contributed by atoms with Crippen molar-refractivity contribution in [3.63, 3.8) is 0 Å². The molecule has 2 unspecified atom stereocenters. The molecular formula is C14H25N5. The normalized spacial score (nSPS) is 24.2. The first-order valence-electron chi connectivity index (χ1n) is 7.14. The van der Waals surface area contributed by atoms with Crippen molar-refractivity contribution in [2.24, 2.45) is 0 Å². The highest BCUT2D eigenvalue weighted by Crippen LogP contribution is 2.21. The zero-order valence-electron chi connectivity index (χ0n) is 12.4. The summed E-state index contributed by atoms with van der Waals surface area (Å²) in [5, 5.41) is 6.74. The van der Waals surface area contributed by atoms with Crippen LogP contribution in [-0.4, -0.2) is 47.1 Å². The Morgan fingerprint density at radius 2 is 2.26 bits per heavy atom. The highest BCUT2D eigenvalue weighted by molar-refractivity contribution is 5.47. The number of piperidine rings is 1. The van der Waals surface area contributed by atoms with Gasteiger partial charge in [-0.15, -0.1) is 0 Å². The van der Waals surface area contributed by atoms with Gasteiger partial charge in [-0.05, 0) is 40.7 Å². The Morgan fingerprint density at radius 3 is 2.95 bits per heavy atom. The second-order valence-corrected chi connectivity index (χ2v) is 5.45. The van der Waals surface area contributed by atoms with E-state index in [1.165, 1.54) is 6.42 Å². The van der Waals surface area contributed by atoms with E-state index in [1.54, 1.807) is 0 Å². The van der Waals surface area contributed by atoms with E-state index >= 15 is 0 Å². The smallest absolute Gasteiger partial charge is 0.224 e. The first kappa shape index (κ1) is 14.1. The minimum absolute atomic E-state index is 0.509. The fourth-order valence-corrected chi connectivity index (χ4v) is 2.45. The van der Waals surface area contributed by atoms with Gasteiger partial charge in [0.2, 0.25) is 5.95 Å². The maximum Gasteiger partial charge on any atom is 0.224 e. The van der Waals surface area contributed by atoms with E-state index < -0.39 is 0 Å². The molecule has 2 N–H and O–H groups in total. The number of rotatable bonds is 4. The lowest BCUT2D eigenvalue weighted by molar-refractivity contribution is 0.190. The number of nitrogens with zero attached hydrogens (tertiary/aromatic N) is 3. The predicted molar refractivity (Wildman–Crippen MR) is 79.7 cm³/mol. The molecule has 0 aromatic carbocycles. The summed E-state index contributed by atoms with van der Waals surface area (Å²) in [4.78, 5) is 11.2. The van der Waals surface area contributed by atoms with E-state index in [0.29, 0.717) is 18.0 Å². The Bertz CT molecular complexity index is 420. The molecule has 0 aliphatic carbocycles. The second kappa shape index (κ2) is 6.19. The van der Waals surface area contributed by atoms with Crippen molar-refractivity contribution in [3.05, 3.63) is 11.8 Å². The maximum absolute atomic E-state index is 4.55. The van der Waals surface area contributed by atoms with Gasteiger partial charge < -0.3 is 15.5 Å². The summed E-state index contributed by atoms with van der Waals surface area (Å²) in [6.45, 7) is 8.37.